The molecule has 0 saturated heterocycles. The fourth-order valence-corrected chi connectivity index (χ4v) is 1.77. The zero-order valence-electron chi connectivity index (χ0n) is 11.4. The van der Waals surface area contributed by atoms with Crippen molar-refractivity contribution in [2.45, 2.75) is 45.4 Å². The number of ether oxygens (including phenoxy) is 1. The van der Waals surface area contributed by atoms with Gasteiger partial charge in [0.25, 0.3) is 0 Å². The van der Waals surface area contributed by atoms with Crippen molar-refractivity contribution in [1.82, 2.24) is 0 Å². The van der Waals surface area contributed by atoms with Crippen LogP contribution in [0.3, 0.4) is 0 Å². The van der Waals surface area contributed by atoms with Crippen LogP contribution in [0.15, 0.2) is 24.3 Å². The maximum atomic E-state index is 11.7. The van der Waals surface area contributed by atoms with Crippen molar-refractivity contribution in [1.29, 1.82) is 0 Å². The van der Waals surface area contributed by atoms with Gasteiger partial charge in [0.1, 0.15) is 0 Å². The van der Waals surface area contributed by atoms with E-state index in [2.05, 4.69) is 6.92 Å². The molecule has 0 aliphatic carbocycles. The molecule has 0 saturated carbocycles. The SMILES string of the molecule is CCCCCCCC(=O)OC(=O)c1ccccc1N.[KH]. The second-order valence-corrected chi connectivity index (χ2v) is 4.51. The summed E-state index contributed by atoms with van der Waals surface area (Å²) in [5.74, 6) is -1.15. The molecule has 20 heavy (non-hydrogen) atoms. The summed E-state index contributed by atoms with van der Waals surface area (Å²) in [4.78, 5) is 23.2. The van der Waals surface area contributed by atoms with Gasteiger partial charge in [-0.2, -0.15) is 0 Å². The number of carbonyl (C=O) groups is 2. The molecule has 0 heterocycles. The van der Waals surface area contributed by atoms with Gasteiger partial charge in [-0.15, -0.1) is 0 Å². The van der Waals surface area contributed by atoms with E-state index >= 15 is 0 Å². The molecule has 5 heteroatoms. The van der Waals surface area contributed by atoms with Crippen LogP contribution in [-0.2, 0) is 9.53 Å². The Morgan fingerprint density at radius 2 is 1.75 bits per heavy atom. The Morgan fingerprint density at radius 1 is 1.10 bits per heavy atom. The standard InChI is InChI=1S/C15H21NO3.K.H/c1-2-3-4-5-6-11-14(17)19-15(18)12-9-7-8-10-13(12)16;;/h7-10H,2-6,11,16H2,1H3;;. The summed E-state index contributed by atoms with van der Waals surface area (Å²) >= 11 is 0. The van der Waals surface area contributed by atoms with Crippen LogP contribution in [0.1, 0.15) is 55.8 Å². The van der Waals surface area contributed by atoms with Crippen molar-refractivity contribution < 1.29 is 14.3 Å². The van der Waals surface area contributed by atoms with E-state index in [1.807, 2.05) is 0 Å². The molecule has 4 nitrogen and oxygen atoms in total. The summed E-state index contributed by atoms with van der Waals surface area (Å²) in [6.45, 7) is 2.14. The molecular formula is C15H22KNO3. The molecule has 0 aromatic heterocycles. The van der Waals surface area contributed by atoms with Crippen LogP contribution in [0.25, 0.3) is 0 Å². The molecule has 0 radical (unpaired) electrons. The molecular weight excluding hydrogens is 281 g/mol. The summed E-state index contributed by atoms with van der Waals surface area (Å²) < 4.78 is 4.77. The predicted molar refractivity (Wildman–Crippen MR) is 81.8 cm³/mol. The number of hydrogen-bond acceptors (Lipinski definition) is 4. The number of unbranched alkanes of at least 4 members (excludes halogenated alkanes) is 4. The van der Waals surface area contributed by atoms with Crippen LogP contribution in [0.2, 0.25) is 0 Å². The van der Waals surface area contributed by atoms with Crippen molar-refractivity contribution in [3.63, 3.8) is 0 Å². The normalized spacial score (nSPS) is 9.65. The third kappa shape index (κ3) is 7.54. The first-order chi connectivity index (χ1) is 9.15. The molecule has 0 aliphatic rings. The van der Waals surface area contributed by atoms with E-state index in [0.29, 0.717) is 5.69 Å². The Labute approximate surface area is 162 Å². The number of anilines is 1. The molecule has 0 unspecified atom stereocenters. The van der Waals surface area contributed by atoms with Crippen molar-refractivity contribution in [3.05, 3.63) is 29.8 Å². The average Bonchev–Trinajstić information content (AvgIpc) is 2.39. The van der Waals surface area contributed by atoms with Crippen LogP contribution in [0, 0.1) is 0 Å². The number of carbonyl (C=O) groups excluding carboxylic acids is 2. The molecule has 1 aromatic carbocycles. The van der Waals surface area contributed by atoms with E-state index in [0.717, 1.165) is 25.7 Å². The minimum atomic E-state index is -0.670. The van der Waals surface area contributed by atoms with Crippen LogP contribution in [0.5, 0.6) is 0 Å². The molecule has 0 atom stereocenters. The zero-order chi connectivity index (χ0) is 14.1. The van der Waals surface area contributed by atoms with Crippen molar-refractivity contribution in [2.24, 2.45) is 0 Å². The first kappa shape index (κ1) is 19.8. The summed E-state index contributed by atoms with van der Waals surface area (Å²) in [6, 6.07) is 6.56. The first-order valence-electron chi connectivity index (χ1n) is 6.74. The quantitative estimate of drug-likeness (QED) is 0.276. The van der Waals surface area contributed by atoms with Gasteiger partial charge >= 0.3 is 63.3 Å². The summed E-state index contributed by atoms with van der Waals surface area (Å²) in [5, 5.41) is 0. The minimum absolute atomic E-state index is 0. The first-order valence-corrected chi connectivity index (χ1v) is 6.74. The Balaban J connectivity index is 0.00000361. The second kappa shape index (κ2) is 11.5. The fourth-order valence-electron chi connectivity index (χ4n) is 1.77. The van der Waals surface area contributed by atoms with Gasteiger partial charge in [-0.3, -0.25) is 4.79 Å². The van der Waals surface area contributed by atoms with Crippen LogP contribution >= 0.6 is 0 Å². The molecule has 1 aromatic rings. The van der Waals surface area contributed by atoms with E-state index in [1.54, 1.807) is 24.3 Å². The Hall–Kier alpha value is -0.204. The molecule has 0 fully saturated rings. The van der Waals surface area contributed by atoms with Gasteiger partial charge in [-0.25, -0.2) is 4.79 Å². The number of para-hydroxylation sites is 1. The number of nitrogen functional groups attached to an aromatic ring is 1. The van der Waals surface area contributed by atoms with E-state index in [1.165, 1.54) is 6.42 Å². The number of nitrogens with two attached hydrogens (primary N) is 1. The Bertz CT molecular complexity index is 435. The van der Waals surface area contributed by atoms with Gasteiger partial charge in [0.15, 0.2) is 0 Å². The van der Waals surface area contributed by atoms with Gasteiger partial charge < -0.3 is 10.5 Å². The molecule has 0 spiro atoms. The number of benzene rings is 1. The van der Waals surface area contributed by atoms with E-state index in [-0.39, 0.29) is 63.4 Å². The Morgan fingerprint density at radius 3 is 2.40 bits per heavy atom. The zero-order valence-corrected chi connectivity index (χ0v) is 11.4. The topological polar surface area (TPSA) is 69.4 Å². The monoisotopic (exact) mass is 303 g/mol. The van der Waals surface area contributed by atoms with E-state index < -0.39 is 11.9 Å². The number of rotatable bonds is 7. The molecule has 0 aliphatic heterocycles. The number of esters is 2. The van der Waals surface area contributed by atoms with E-state index in [4.69, 9.17) is 10.5 Å². The van der Waals surface area contributed by atoms with Gasteiger partial charge in [0.05, 0.1) is 5.56 Å². The molecule has 0 amide bonds. The second-order valence-electron chi connectivity index (χ2n) is 4.51. The molecule has 106 valence electrons. The summed E-state index contributed by atoms with van der Waals surface area (Å²) in [5.41, 5.74) is 6.20. The van der Waals surface area contributed by atoms with Crippen molar-refractivity contribution in [3.8, 4) is 0 Å². The van der Waals surface area contributed by atoms with Crippen LogP contribution in [-0.4, -0.2) is 63.3 Å². The third-order valence-electron chi connectivity index (χ3n) is 2.87. The van der Waals surface area contributed by atoms with Crippen molar-refractivity contribution in [2.75, 3.05) is 5.73 Å². The van der Waals surface area contributed by atoms with Crippen molar-refractivity contribution >= 4 is 69.0 Å². The van der Waals surface area contributed by atoms with Gasteiger partial charge in [0, 0.05) is 12.1 Å². The molecule has 1 rings (SSSR count). The van der Waals surface area contributed by atoms with Gasteiger partial charge in [-0.05, 0) is 18.6 Å². The molecule has 0 bridgehead atoms. The molecule has 2 N–H and O–H groups in total. The van der Waals surface area contributed by atoms with Gasteiger partial charge in [-0.1, -0.05) is 44.7 Å². The van der Waals surface area contributed by atoms with E-state index in [9.17, 15) is 9.59 Å². The summed E-state index contributed by atoms with van der Waals surface area (Å²) in [7, 11) is 0. The number of hydrogen-bond donors (Lipinski definition) is 1. The predicted octanol–water partition coefficient (Wildman–Crippen LogP) is 2.66. The van der Waals surface area contributed by atoms with Crippen LogP contribution < -0.4 is 5.73 Å². The fraction of sp³-hybridized carbons (Fsp3) is 0.467. The van der Waals surface area contributed by atoms with Crippen LogP contribution in [0.4, 0.5) is 5.69 Å². The average molecular weight is 303 g/mol. The summed E-state index contributed by atoms with van der Waals surface area (Å²) in [6.07, 6.45) is 5.48. The van der Waals surface area contributed by atoms with Gasteiger partial charge in [0.2, 0.25) is 0 Å². The third-order valence-corrected chi connectivity index (χ3v) is 2.87. The Kier molecular flexibility index (Phi) is 11.3. The maximum absolute atomic E-state index is 11.7.